The normalized spacial score (nSPS) is 19.5. The second kappa shape index (κ2) is 7.58. The lowest BCUT2D eigenvalue weighted by Gasteiger charge is -2.34. The van der Waals surface area contributed by atoms with Crippen LogP contribution in [-0.4, -0.2) is 91.0 Å². The minimum atomic E-state index is -3.53. The van der Waals surface area contributed by atoms with Crippen LogP contribution in [0.5, 0.6) is 0 Å². The molecule has 142 valence electrons. The van der Waals surface area contributed by atoms with Gasteiger partial charge in [-0.1, -0.05) is 6.07 Å². The third kappa shape index (κ3) is 3.80. The average Bonchev–Trinajstić information content (AvgIpc) is 2.94. The van der Waals surface area contributed by atoms with E-state index in [1.165, 1.54) is 9.21 Å². The van der Waals surface area contributed by atoms with Gasteiger partial charge < -0.3 is 9.80 Å². The molecule has 10 heteroatoms. The molecule has 1 aromatic heterocycles. The van der Waals surface area contributed by atoms with Crippen LogP contribution in [-0.2, 0) is 14.8 Å². The average molecular weight is 381 g/mol. The van der Waals surface area contributed by atoms with Gasteiger partial charge in [0.15, 0.2) is 0 Å². The fourth-order valence-electron chi connectivity index (χ4n) is 3.13. The summed E-state index contributed by atoms with van der Waals surface area (Å²) in [6.45, 7) is 3.98. The van der Waals surface area contributed by atoms with E-state index in [1.807, 2.05) is 23.1 Å². The van der Waals surface area contributed by atoms with E-state index in [4.69, 9.17) is 0 Å². The zero-order valence-corrected chi connectivity index (χ0v) is 15.6. The summed E-state index contributed by atoms with van der Waals surface area (Å²) in [4.78, 5) is 32.7. The lowest BCUT2D eigenvalue weighted by atomic mass is 10.3. The van der Waals surface area contributed by atoms with E-state index in [0.717, 1.165) is 10.7 Å². The maximum absolute atomic E-state index is 12.6. The fourth-order valence-corrected chi connectivity index (χ4v) is 4.52. The predicted octanol–water partition coefficient (Wildman–Crippen LogP) is -0.182. The quantitative estimate of drug-likeness (QED) is 0.635. The number of pyridine rings is 1. The van der Waals surface area contributed by atoms with E-state index in [0.29, 0.717) is 32.7 Å². The van der Waals surface area contributed by atoms with Gasteiger partial charge >= 0.3 is 6.03 Å². The van der Waals surface area contributed by atoms with Gasteiger partial charge in [0.2, 0.25) is 15.9 Å². The van der Waals surface area contributed by atoms with E-state index >= 15 is 0 Å². The molecule has 26 heavy (non-hydrogen) atoms. The lowest BCUT2D eigenvalue weighted by molar-refractivity contribution is -0.125. The van der Waals surface area contributed by atoms with Crippen LogP contribution >= 0.6 is 0 Å². The van der Waals surface area contributed by atoms with E-state index in [-0.39, 0.29) is 24.7 Å². The van der Waals surface area contributed by atoms with Crippen molar-refractivity contribution in [3.63, 3.8) is 0 Å². The van der Waals surface area contributed by atoms with Gasteiger partial charge in [-0.2, -0.15) is 4.31 Å². The van der Waals surface area contributed by atoms with Crippen molar-refractivity contribution in [2.24, 2.45) is 0 Å². The Kier molecular flexibility index (Phi) is 5.42. The number of hydrogen-bond acceptors (Lipinski definition) is 6. The van der Waals surface area contributed by atoms with Crippen LogP contribution in [0.3, 0.4) is 0 Å². The monoisotopic (exact) mass is 381 g/mol. The molecule has 3 heterocycles. The molecule has 9 nitrogen and oxygen atoms in total. The van der Waals surface area contributed by atoms with Crippen molar-refractivity contribution in [1.29, 1.82) is 0 Å². The van der Waals surface area contributed by atoms with Gasteiger partial charge in [-0.05, 0) is 19.1 Å². The Morgan fingerprint density at radius 3 is 2.42 bits per heavy atom. The van der Waals surface area contributed by atoms with Gasteiger partial charge in [0.1, 0.15) is 12.4 Å². The Balaban J connectivity index is 1.55. The highest BCUT2D eigenvalue weighted by Crippen LogP contribution is 2.16. The first-order valence-corrected chi connectivity index (χ1v) is 10.3. The zero-order valence-electron chi connectivity index (χ0n) is 14.7. The zero-order chi connectivity index (χ0) is 18.7. The van der Waals surface area contributed by atoms with Gasteiger partial charge in [-0.25, -0.2) is 18.2 Å². The third-order valence-corrected chi connectivity index (χ3v) is 6.54. The first-order valence-electron chi connectivity index (χ1n) is 8.65. The lowest BCUT2D eigenvalue weighted by Crippen LogP contribution is -2.50. The summed E-state index contributed by atoms with van der Waals surface area (Å²) in [5.74, 6) is 0.246. The Morgan fingerprint density at radius 1 is 1.12 bits per heavy atom. The molecule has 3 rings (SSSR count). The molecule has 0 N–H and O–H groups in total. The van der Waals surface area contributed by atoms with Crippen LogP contribution in [0.4, 0.5) is 10.6 Å². The Morgan fingerprint density at radius 2 is 1.85 bits per heavy atom. The van der Waals surface area contributed by atoms with Gasteiger partial charge in [0.05, 0.1) is 5.75 Å². The molecule has 0 atom stereocenters. The minimum absolute atomic E-state index is 0.0259. The summed E-state index contributed by atoms with van der Waals surface area (Å²) in [7, 11) is -3.53. The molecule has 0 saturated carbocycles. The summed E-state index contributed by atoms with van der Waals surface area (Å²) in [6, 6.07) is 5.22. The number of urea groups is 1. The number of anilines is 1. The molecule has 0 radical (unpaired) electrons. The summed E-state index contributed by atoms with van der Waals surface area (Å²) in [5, 5.41) is 0. The first-order chi connectivity index (χ1) is 12.4. The molecule has 0 bridgehead atoms. The molecule has 3 amide bonds. The van der Waals surface area contributed by atoms with E-state index in [2.05, 4.69) is 4.98 Å². The molecule has 2 fully saturated rings. The number of aromatic nitrogens is 1. The molecule has 1 aromatic rings. The number of carbonyl (C=O) groups is 2. The van der Waals surface area contributed by atoms with Crippen LogP contribution < -0.4 is 4.90 Å². The molecule has 0 spiro atoms. The SMILES string of the molecule is CCN1CC(=O)N(CCS(=O)(=O)N2CCN(c3ccccn3)CC2)C1=O. The number of carbonyl (C=O) groups excluding carboxylic acids is 2. The minimum Gasteiger partial charge on any atom is -0.354 e. The molecule has 0 unspecified atom stereocenters. The predicted molar refractivity (Wildman–Crippen MR) is 96.2 cm³/mol. The highest BCUT2D eigenvalue weighted by atomic mass is 32.2. The van der Waals surface area contributed by atoms with Crippen molar-refractivity contribution in [2.75, 3.05) is 56.5 Å². The number of sulfonamides is 1. The number of piperazine rings is 1. The van der Waals surface area contributed by atoms with Crippen molar-refractivity contribution < 1.29 is 18.0 Å². The topological polar surface area (TPSA) is 94.1 Å². The largest absolute Gasteiger partial charge is 0.354 e. The number of likely N-dealkylation sites (N-methyl/N-ethyl adjacent to an activating group) is 1. The standard InChI is InChI=1S/C16H23N5O4S/c1-2-18-13-15(22)21(16(18)23)11-12-26(24,25)20-9-7-19(8-10-20)14-5-3-4-6-17-14/h3-6H,2,7-13H2,1H3. The summed E-state index contributed by atoms with van der Waals surface area (Å²) >= 11 is 0. The third-order valence-electron chi connectivity index (χ3n) is 4.69. The van der Waals surface area contributed by atoms with Crippen molar-refractivity contribution in [2.45, 2.75) is 6.92 Å². The van der Waals surface area contributed by atoms with Crippen LogP contribution in [0.25, 0.3) is 0 Å². The highest BCUT2D eigenvalue weighted by molar-refractivity contribution is 7.89. The highest BCUT2D eigenvalue weighted by Gasteiger charge is 2.36. The smallest absolute Gasteiger partial charge is 0.327 e. The molecule has 2 saturated heterocycles. The molecular formula is C16H23N5O4S. The number of rotatable bonds is 6. The number of imide groups is 1. The molecular weight excluding hydrogens is 358 g/mol. The van der Waals surface area contributed by atoms with Gasteiger partial charge in [-0.15, -0.1) is 0 Å². The number of amides is 3. The van der Waals surface area contributed by atoms with Crippen LogP contribution in [0.2, 0.25) is 0 Å². The summed E-state index contributed by atoms with van der Waals surface area (Å²) in [5.41, 5.74) is 0. The van der Waals surface area contributed by atoms with E-state index in [1.54, 1.807) is 13.1 Å². The Hall–Kier alpha value is -2.20. The van der Waals surface area contributed by atoms with Crippen LogP contribution in [0.1, 0.15) is 6.92 Å². The van der Waals surface area contributed by atoms with Crippen LogP contribution in [0, 0.1) is 0 Å². The number of nitrogens with zero attached hydrogens (tertiary/aromatic N) is 5. The van der Waals surface area contributed by atoms with Crippen LogP contribution in [0.15, 0.2) is 24.4 Å². The molecule has 0 aliphatic carbocycles. The van der Waals surface area contributed by atoms with Crippen molar-refractivity contribution in [3.8, 4) is 0 Å². The maximum Gasteiger partial charge on any atom is 0.327 e. The summed E-state index contributed by atoms with van der Waals surface area (Å²) < 4.78 is 26.6. The van der Waals surface area contributed by atoms with Crippen molar-refractivity contribution >= 4 is 27.8 Å². The second-order valence-electron chi connectivity index (χ2n) is 6.23. The van der Waals surface area contributed by atoms with Gasteiger partial charge in [0.25, 0.3) is 0 Å². The Labute approximate surface area is 153 Å². The second-order valence-corrected chi connectivity index (χ2v) is 8.32. The summed E-state index contributed by atoms with van der Waals surface area (Å²) in [6.07, 6.45) is 1.71. The number of hydrogen-bond donors (Lipinski definition) is 0. The maximum atomic E-state index is 12.6. The first kappa shape index (κ1) is 18.6. The molecule has 0 aromatic carbocycles. The fraction of sp³-hybridized carbons (Fsp3) is 0.562. The van der Waals surface area contributed by atoms with Crippen molar-refractivity contribution in [1.82, 2.24) is 19.1 Å². The van der Waals surface area contributed by atoms with Crippen molar-refractivity contribution in [3.05, 3.63) is 24.4 Å². The molecule has 2 aliphatic rings. The van der Waals surface area contributed by atoms with E-state index < -0.39 is 16.1 Å². The van der Waals surface area contributed by atoms with Gasteiger partial charge in [-0.3, -0.25) is 9.69 Å². The van der Waals surface area contributed by atoms with Gasteiger partial charge in [0, 0.05) is 45.5 Å². The molecule has 2 aliphatic heterocycles. The Bertz CT molecular complexity index is 762. The van der Waals surface area contributed by atoms with E-state index in [9.17, 15) is 18.0 Å².